The first-order valence-corrected chi connectivity index (χ1v) is 15.3. The molecule has 3 N–H and O–H groups in total. The standard InChI is InChI=1S/C34H44N4O5/c1-25(2)21-30(37-34(41)38-18-8-3-4-9-19-38)33(40)36-31(32(39)35-23-29-13-10-20-42-29)22-26-14-16-28(17-15-26)43-24-27-11-6-5-7-12-27/h5-7,10-17,20,25,30-31H,3-4,8-9,18-19,21-24H2,1-2H3,(H,35,39)(H,36,40)(H,37,41)/t30-,31-/m0/s1. The lowest BCUT2D eigenvalue weighted by atomic mass is 10.0. The fraction of sp³-hybridized carbons (Fsp3) is 0.441. The average Bonchev–Trinajstić information content (AvgIpc) is 3.38. The molecular weight excluding hydrogens is 544 g/mol. The minimum atomic E-state index is -0.858. The van der Waals surface area contributed by atoms with Crippen LogP contribution in [0.2, 0.25) is 0 Å². The molecule has 0 radical (unpaired) electrons. The van der Waals surface area contributed by atoms with Crippen molar-refractivity contribution >= 4 is 17.8 Å². The summed E-state index contributed by atoms with van der Waals surface area (Å²) in [6.45, 7) is 6.04. The highest BCUT2D eigenvalue weighted by Gasteiger charge is 2.29. The fourth-order valence-electron chi connectivity index (χ4n) is 5.11. The van der Waals surface area contributed by atoms with Crippen LogP contribution in [0.25, 0.3) is 0 Å². The van der Waals surface area contributed by atoms with Gasteiger partial charge in [0, 0.05) is 19.5 Å². The number of hydrogen-bond acceptors (Lipinski definition) is 5. The second-order valence-electron chi connectivity index (χ2n) is 11.5. The normalized spacial score (nSPS) is 14.8. The first kappa shape index (κ1) is 31.7. The minimum Gasteiger partial charge on any atom is -0.489 e. The van der Waals surface area contributed by atoms with E-state index >= 15 is 0 Å². The Bertz CT molecular complexity index is 1270. The maximum atomic E-state index is 13.6. The van der Waals surface area contributed by atoms with Gasteiger partial charge in [-0.15, -0.1) is 0 Å². The number of amides is 4. The number of carbonyl (C=O) groups is 3. The number of hydrogen-bond donors (Lipinski definition) is 3. The van der Waals surface area contributed by atoms with E-state index in [0.717, 1.165) is 36.8 Å². The summed E-state index contributed by atoms with van der Waals surface area (Å²) < 4.78 is 11.3. The highest BCUT2D eigenvalue weighted by atomic mass is 16.5. The van der Waals surface area contributed by atoms with E-state index in [4.69, 9.17) is 9.15 Å². The van der Waals surface area contributed by atoms with E-state index in [-0.39, 0.29) is 36.7 Å². The van der Waals surface area contributed by atoms with Gasteiger partial charge in [0.25, 0.3) is 0 Å². The van der Waals surface area contributed by atoms with Crippen molar-refractivity contribution < 1.29 is 23.5 Å². The van der Waals surface area contributed by atoms with Crippen molar-refractivity contribution in [1.82, 2.24) is 20.9 Å². The summed E-state index contributed by atoms with van der Waals surface area (Å²) in [6, 6.07) is 19.1. The highest BCUT2D eigenvalue weighted by molar-refractivity contribution is 5.92. The number of nitrogens with one attached hydrogen (secondary N) is 3. The molecular formula is C34H44N4O5. The second kappa shape index (κ2) is 16.4. The molecule has 4 amide bonds. The molecule has 2 aromatic carbocycles. The number of benzene rings is 2. The monoisotopic (exact) mass is 588 g/mol. The summed E-state index contributed by atoms with van der Waals surface area (Å²) in [7, 11) is 0. The van der Waals surface area contributed by atoms with Crippen molar-refractivity contribution in [2.24, 2.45) is 5.92 Å². The molecule has 230 valence electrons. The number of likely N-dealkylation sites (tertiary alicyclic amines) is 1. The van der Waals surface area contributed by atoms with Crippen molar-refractivity contribution in [3.63, 3.8) is 0 Å². The predicted octanol–water partition coefficient (Wildman–Crippen LogP) is 5.20. The molecule has 0 aliphatic carbocycles. The van der Waals surface area contributed by atoms with E-state index in [9.17, 15) is 14.4 Å². The first-order valence-electron chi connectivity index (χ1n) is 15.3. The number of rotatable bonds is 13. The Labute approximate surface area is 254 Å². The quantitative estimate of drug-likeness (QED) is 0.254. The lowest BCUT2D eigenvalue weighted by Gasteiger charge is -2.27. The Morgan fingerprint density at radius 1 is 0.814 bits per heavy atom. The Morgan fingerprint density at radius 3 is 2.19 bits per heavy atom. The molecule has 3 aromatic rings. The lowest BCUT2D eigenvalue weighted by Crippen LogP contribution is -2.56. The highest BCUT2D eigenvalue weighted by Crippen LogP contribution is 2.17. The number of urea groups is 1. The first-order chi connectivity index (χ1) is 20.9. The van der Waals surface area contributed by atoms with Crippen LogP contribution in [0.15, 0.2) is 77.4 Å². The molecule has 4 rings (SSSR count). The van der Waals surface area contributed by atoms with Gasteiger partial charge >= 0.3 is 6.03 Å². The van der Waals surface area contributed by atoms with Crippen LogP contribution < -0.4 is 20.7 Å². The summed E-state index contributed by atoms with van der Waals surface area (Å²) in [5.74, 6) is 0.772. The summed E-state index contributed by atoms with van der Waals surface area (Å²) in [5, 5.41) is 8.76. The largest absolute Gasteiger partial charge is 0.489 e. The van der Waals surface area contributed by atoms with Gasteiger partial charge in [-0.2, -0.15) is 0 Å². The summed E-state index contributed by atoms with van der Waals surface area (Å²) in [6.07, 6.45) is 6.41. The van der Waals surface area contributed by atoms with Crippen molar-refractivity contribution in [3.05, 3.63) is 89.9 Å². The minimum absolute atomic E-state index is 0.162. The third-order valence-electron chi connectivity index (χ3n) is 7.48. The zero-order chi connectivity index (χ0) is 30.4. The number of furan rings is 1. The smallest absolute Gasteiger partial charge is 0.318 e. The van der Waals surface area contributed by atoms with E-state index in [0.29, 0.717) is 37.6 Å². The Morgan fingerprint density at radius 2 is 1.53 bits per heavy atom. The third kappa shape index (κ3) is 10.5. The fourth-order valence-corrected chi connectivity index (χ4v) is 5.11. The van der Waals surface area contributed by atoms with Crippen LogP contribution in [-0.2, 0) is 29.2 Å². The van der Waals surface area contributed by atoms with Gasteiger partial charge in [-0.3, -0.25) is 9.59 Å². The number of ether oxygens (including phenoxy) is 1. The van der Waals surface area contributed by atoms with E-state index < -0.39 is 12.1 Å². The molecule has 2 atom stereocenters. The molecule has 2 heterocycles. The van der Waals surface area contributed by atoms with Crippen LogP contribution in [0.4, 0.5) is 4.79 Å². The van der Waals surface area contributed by atoms with Crippen LogP contribution in [0.5, 0.6) is 5.75 Å². The van der Waals surface area contributed by atoms with E-state index in [1.807, 2.05) is 68.4 Å². The van der Waals surface area contributed by atoms with E-state index in [1.165, 1.54) is 0 Å². The van der Waals surface area contributed by atoms with Gasteiger partial charge in [0.1, 0.15) is 30.2 Å². The van der Waals surface area contributed by atoms with Crippen LogP contribution in [0.3, 0.4) is 0 Å². The van der Waals surface area contributed by atoms with E-state index in [2.05, 4.69) is 16.0 Å². The lowest BCUT2D eigenvalue weighted by molar-refractivity contribution is -0.130. The molecule has 9 heteroatoms. The molecule has 1 aromatic heterocycles. The topological polar surface area (TPSA) is 113 Å². The van der Waals surface area contributed by atoms with Gasteiger partial charge in [-0.25, -0.2) is 4.79 Å². The zero-order valence-electron chi connectivity index (χ0n) is 25.2. The number of nitrogens with zero attached hydrogens (tertiary/aromatic N) is 1. The third-order valence-corrected chi connectivity index (χ3v) is 7.48. The Balaban J connectivity index is 1.43. The SMILES string of the molecule is CC(C)C[C@H](NC(=O)N1CCCCCC1)C(=O)N[C@@H](Cc1ccc(OCc2ccccc2)cc1)C(=O)NCc1ccco1. The van der Waals surface area contributed by atoms with Crippen LogP contribution in [0.1, 0.15) is 62.8 Å². The molecule has 43 heavy (non-hydrogen) atoms. The molecule has 1 fully saturated rings. The molecule has 0 unspecified atom stereocenters. The van der Waals surface area contributed by atoms with Crippen molar-refractivity contribution in [2.45, 2.75) is 77.6 Å². The van der Waals surface area contributed by atoms with Crippen LogP contribution in [-0.4, -0.2) is 47.9 Å². The predicted molar refractivity (Wildman–Crippen MR) is 165 cm³/mol. The Hall–Kier alpha value is -4.27. The zero-order valence-corrected chi connectivity index (χ0v) is 25.2. The van der Waals surface area contributed by atoms with Gasteiger partial charge in [-0.1, -0.05) is 69.2 Å². The average molecular weight is 589 g/mol. The van der Waals surface area contributed by atoms with Crippen LogP contribution >= 0.6 is 0 Å². The summed E-state index contributed by atoms with van der Waals surface area (Å²) >= 11 is 0. The molecule has 1 saturated heterocycles. The van der Waals surface area contributed by atoms with Gasteiger partial charge < -0.3 is 30.0 Å². The Kier molecular flexibility index (Phi) is 12.1. The van der Waals surface area contributed by atoms with Gasteiger partial charge in [0.05, 0.1) is 12.8 Å². The van der Waals surface area contributed by atoms with Crippen molar-refractivity contribution in [1.29, 1.82) is 0 Å². The van der Waals surface area contributed by atoms with Gasteiger partial charge in [-0.05, 0) is 60.6 Å². The summed E-state index contributed by atoms with van der Waals surface area (Å²) in [4.78, 5) is 41.9. The van der Waals surface area contributed by atoms with Crippen LogP contribution in [0, 0.1) is 5.92 Å². The molecule has 0 saturated carbocycles. The molecule has 1 aliphatic heterocycles. The molecule has 0 spiro atoms. The summed E-state index contributed by atoms with van der Waals surface area (Å²) in [5.41, 5.74) is 1.93. The van der Waals surface area contributed by atoms with Gasteiger partial charge in [0.15, 0.2) is 0 Å². The second-order valence-corrected chi connectivity index (χ2v) is 11.5. The molecule has 9 nitrogen and oxygen atoms in total. The molecule has 1 aliphatic rings. The van der Waals surface area contributed by atoms with Gasteiger partial charge in [0.2, 0.25) is 11.8 Å². The van der Waals surface area contributed by atoms with Crippen molar-refractivity contribution in [3.8, 4) is 5.75 Å². The number of carbonyl (C=O) groups excluding carboxylic acids is 3. The maximum absolute atomic E-state index is 13.6. The maximum Gasteiger partial charge on any atom is 0.318 e. The van der Waals surface area contributed by atoms with Crippen molar-refractivity contribution in [2.75, 3.05) is 13.1 Å². The van der Waals surface area contributed by atoms with E-state index in [1.54, 1.807) is 23.3 Å². The molecule has 0 bridgehead atoms.